The number of aliphatic hydroxyl groups excluding tert-OH is 1. The molecule has 2 fully saturated rings. The number of benzene rings is 1. The zero-order valence-electron chi connectivity index (χ0n) is 12.5. The molecule has 2 unspecified atom stereocenters. The van der Waals surface area contributed by atoms with Crippen LogP contribution in [0.3, 0.4) is 0 Å². The van der Waals surface area contributed by atoms with Crippen molar-refractivity contribution in [2.24, 2.45) is 0 Å². The van der Waals surface area contributed by atoms with Crippen LogP contribution < -0.4 is 0 Å². The van der Waals surface area contributed by atoms with E-state index in [1.54, 1.807) is 0 Å². The van der Waals surface area contributed by atoms with Crippen molar-refractivity contribution in [2.45, 2.75) is 51.4 Å². The largest absolute Gasteiger partial charge is 0.392 e. The molecule has 2 aliphatic heterocycles. The fourth-order valence-corrected chi connectivity index (χ4v) is 3.62. The molecule has 3 nitrogen and oxygen atoms in total. The molecule has 2 aliphatic rings. The first kappa shape index (κ1) is 14.1. The third-order valence-electron chi connectivity index (χ3n) is 4.91. The summed E-state index contributed by atoms with van der Waals surface area (Å²) < 4.78 is 0. The van der Waals surface area contributed by atoms with Gasteiger partial charge in [0.2, 0.25) is 0 Å². The Morgan fingerprint density at radius 2 is 1.85 bits per heavy atom. The first-order valence-corrected chi connectivity index (χ1v) is 7.93. The van der Waals surface area contributed by atoms with Crippen molar-refractivity contribution in [3.63, 3.8) is 0 Å². The second-order valence-electron chi connectivity index (χ2n) is 6.40. The molecule has 110 valence electrons. The standard InChI is InChI=1S/C17H26N2O/c1-14-10-18-9-3-2-4-17(18)12-19(14)11-15-5-7-16(13-20)8-6-15/h5-8,14,17,20H,2-4,9-13H2,1H3. The maximum absolute atomic E-state index is 9.11. The molecule has 0 aromatic heterocycles. The summed E-state index contributed by atoms with van der Waals surface area (Å²) in [6.45, 7) is 7.26. The number of hydrogen-bond donors (Lipinski definition) is 1. The molecule has 0 amide bonds. The lowest BCUT2D eigenvalue weighted by atomic mass is 9.96. The Balaban J connectivity index is 1.63. The van der Waals surface area contributed by atoms with Gasteiger partial charge in [-0.2, -0.15) is 0 Å². The number of piperazine rings is 1. The Morgan fingerprint density at radius 3 is 2.60 bits per heavy atom. The fraction of sp³-hybridized carbons (Fsp3) is 0.647. The van der Waals surface area contributed by atoms with Crippen molar-refractivity contribution in [3.8, 4) is 0 Å². The van der Waals surface area contributed by atoms with Gasteiger partial charge in [-0.05, 0) is 37.4 Å². The van der Waals surface area contributed by atoms with Crippen LogP contribution in [0, 0.1) is 0 Å². The summed E-state index contributed by atoms with van der Waals surface area (Å²) in [5.41, 5.74) is 2.36. The molecule has 2 heterocycles. The van der Waals surface area contributed by atoms with Gasteiger partial charge >= 0.3 is 0 Å². The van der Waals surface area contributed by atoms with Crippen molar-refractivity contribution >= 4 is 0 Å². The van der Waals surface area contributed by atoms with Crippen LogP contribution in [0.1, 0.15) is 37.3 Å². The molecule has 1 aromatic carbocycles. The molecule has 0 saturated carbocycles. The van der Waals surface area contributed by atoms with Crippen LogP contribution in [0.5, 0.6) is 0 Å². The SMILES string of the molecule is CC1CN2CCCCC2CN1Cc1ccc(CO)cc1. The highest BCUT2D eigenvalue weighted by Gasteiger charge is 2.32. The van der Waals surface area contributed by atoms with E-state index in [0.717, 1.165) is 18.2 Å². The molecule has 0 radical (unpaired) electrons. The van der Waals surface area contributed by atoms with E-state index >= 15 is 0 Å². The summed E-state index contributed by atoms with van der Waals surface area (Å²) in [6, 6.07) is 9.81. The highest BCUT2D eigenvalue weighted by atomic mass is 16.3. The molecule has 3 rings (SSSR count). The number of fused-ring (bicyclic) bond motifs is 1. The molecule has 20 heavy (non-hydrogen) atoms. The number of nitrogens with zero attached hydrogens (tertiary/aromatic N) is 2. The van der Waals surface area contributed by atoms with E-state index < -0.39 is 0 Å². The Bertz CT molecular complexity index is 431. The Hall–Kier alpha value is -0.900. The van der Waals surface area contributed by atoms with Crippen molar-refractivity contribution in [1.82, 2.24) is 9.80 Å². The van der Waals surface area contributed by atoms with Gasteiger partial charge in [-0.1, -0.05) is 30.7 Å². The van der Waals surface area contributed by atoms with Crippen LogP contribution >= 0.6 is 0 Å². The monoisotopic (exact) mass is 274 g/mol. The number of rotatable bonds is 3. The quantitative estimate of drug-likeness (QED) is 0.915. The van der Waals surface area contributed by atoms with E-state index in [1.165, 1.54) is 44.5 Å². The first-order chi connectivity index (χ1) is 9.76. The minimum Gasteiger partial charge on any atom is -0.392 e. The van der Waals surface area contributed by atoms with Gasteiger partial charge in [-0.15, -0.1) is 0 Å². The van der Waals surface area contributed by atoms with Crippen LogP contribution in [0.15, 0.2) is 24.3 Å². The van der Waals surface area contributed by atoms with Crippen molar-refractivity contribution in [1.29, 1.82) is 0 Å². The summed E-state index contributed by atoms with van der Waals surface area (Å²) in [7, 11) is 0. The first-order valence-electron chi connectivity index (χ1n) is 7.93. The normalized spacial score (nSPS) is 28.3. The summed E-state index contributed by atoms with van der Waals surface area (Å²) in [4.78, 5) is 5.32. The van der Waals surface area contributed by atoms with Crippen LogP contribution in [-0.4, -0.2) is 46.6 Å². The molecule has 3 heteroatoms. The molecule has 0 bridgehead atoms. The van der Waals surface area contributed by atoms with Gasteiger partial charge in [0.1, 0.15) is 0 Å². The van der Waals surface area contributed by atoms with Gasteiger partial charge in [0.15, 0.2) is 0 Å². The highest BCUT2D eigenvalue weighted by molar-refractivity contribution is 5.22. The minimum absolute atomic E-state index is 0.136. The summed E-state index contributed by atoms with van der Waals surface area (Å²) >= 11 is 0. The molecule has 0 spiro atoms. The van der Waals surface area contributed by atoms with Gasteiger partial charge in [0.05, 0.1) is 6.61 Å². The van der Waals surface area contributed by atoms with Gasteiger partial charge < -0.3 is 5.11 Å². The summed E-state index contributed by atoms with van der Waals surface area (Å²) in [6.07, 6.45) is 4.15. The number of aliphatic hydroxyl groups is 1. The van der Waals surface area contributed by atoms with E-state index in [4.69, 9.17) is 5.11 Å². The molecular weight excluding hydrogens is 248 g/mol. The molecule has 1 N–H and O–H groups in total. The van der Waals surface area contributed by atoms with Crippen LogP contribution in [0.2, 0.25) is 0 Å². The Morgan fingerprint density at radius 1 is 1.10 bits per heavy atom. The van der Waals surface area contributed by atoms with E-state index in [-0.39, 0.29) is 6.61 Å². The molecule has 2 saturated heterocycles. The molecule has 0 aliphatic carbocycles. The van der Waals surface area contributed by atoms with Crippen LogP contribution in [0.25, 0.3) is 0 Å². The average Bonchev–Trinajstić information content (AvgIpc) is 2.49. The van der Waals surface area contributed by atoms with Crippen molar-refractivity contribution in [2.75, 3.05) is 19.6 Å². The highest BCUT2D eigenvalue weighted by Crippen LogP contribution is 2.25. The Labute approximate surface area is 122 Å². The van der Waals surface area contributed by atoms with Gasteiger partial charge in [0, 0.05) is 31.7 Å². The van der Waals surface area contributed by atoms with E-state index in [0.29, 0.717) is 6.04 Å². The number of piperidine rings is 1. The lowest BCUT2D eigenvalue weighted by Crippen LogP contribution is -2.58. The zero-order chi connectivity index (χ0) is 13.9. The maximum atomic E-state index is 9.11. The van der Waals surface area contributed by atoms with Gasteiger partial charge in [-0.3, -0.25) is 9.80 Å². The third-order valence-corrected chi connectivity index (χ3v) is 4.91. The second kappa shape index (κ2) is 6.25. The lowest BCUT2D eigenvalue weighted by Gasteiger charge is -2.47. The maximum Gasteiger partial charge on any atom is 0.0681 e. The molecular formula is C17H26N2O. The van der Waals surface area contributed by atoms with Crippen LogP contribution in [0.4, 0.5) is 0 Å². The minimum atomic E-state index is 0.136. The summed E-state index contributed by atoms with van der Waals surface area (Å²) in [5.74, 6) is 0. The van der Waals surface area contributed by atoms with E-state index in [2.05, 4.69) is 28.9 Å². The predicted octanol–water partition coefficient (Wildman–Crippen LogP) is 2.24. The van der Waals surface area contributed by atoms with Crippen LogP contribution in [-0.2, 0) is 13.2 Å². The van der Waals surface area contributed by atoms with Crippen molar-refractivity contribution in [3.05, 3.63) is 35.4 Å². The lowest BCUT2D eigenvalue weighted by molar-refractivity contribution is 0.0111. The van der Waals surface area contributed by atoms with E-state index in [1.807, 2.05) is 12.1 Å². The number of hydrogen-bond acceptors (Lipinski definition) is 3. The Kier molecular flexibility index (Phi) is 4.39. The van der Waals surface area contributed by atoms with E-state index in [9.17, 15) is 0 Å². The molecule has 1 aromatic rings. The average molecular weight is 274 g/mol. The second-order valence-corrected chi connectivity index (χ2v) is 6.40. The van der Waals surface area contributed by atoms with Gasteiger partial charge in [0.25, 0.3) is 0 Å². The molecule has 2 atom stereocenters. The van der Waals surface area contributed by atoms with Crippen molar-refractivity contribution < 1.29 is 5.11 Å². The third kappa shape index (κ3) is 3.05. The van der Waals surface area contributed by atoms with Gasteiger partial charge in [-0.25, -0.2) is 0 Å². The summed E-state index contributed by atoms with van der Waals surface area (Å²) in [5, 5.41) is 9.11. The zero-order valence-corrected chi connectivity index (χ0v) is 12.5. The smallest absolute Gasteiger partial charge is 0.0681 e. The fourth-order valence-electron chi connectivity index (χ4n) is 3.62. The topological polar surface area (TPSA) is 26.7 Å². The predicted molar refractivity (Wildman–Crippen MR) is 81.4 cm³/mol.